The van der Waals surface area contributed by atoms with Crippen molar-refractivity contribution < 1.29 is 9.66 Å². The maximum Gasteiger partial charge on any atom is 0.278 e. The fraction of sp³-hybridized carbons (Fsp3) is 0.200. The summed E-state index contributed by atoms with van der Waals surface area (Å²) in [5.41, 5.74) is 2.06. The van der Waals surface area contributed by atoms with Crippen LogP contribution in [0.1, 0.15) is 0 Å². The summed E-state index contributed by atoms with van der Waals surface area (Å²) in [6.07, 6.45) is 5.14. The lowest BCUT2D eigenvalue weighted by atomic mass is 10.1. The van der Waals surface area contributed by atoms with Crippen molar-refractivity contribution in [3.63, 3.8) is 0 Å². The number of non-ortho nitro benzene ring substituents is 1. The first-order valence-electron chi connectivity index (χ1n) is 6.99. The standard InChI is InChI=1S/C15H15N5O3/c1-23-8-7-19-10-11(9-17-19)18-13-4-5-14(20(21)22)12-3-2-6-16-15(12)13/h2-6,9-10,18H,7-8H2,1H3. The van der Waals surface area contributed by atoms with Gasteiger partial charge in [0.25, 0.3) is 5.69 Å². The summed E-state index contributed by atoms with van der Waals surface area (Å²) in [5.74, 6) is 0. The Morgan fingerprint density at radius 3 is 3.04 bits per heavy atom. The van der Waals surface area contributed by atoms with Crippen LogP contribution >= 0.6 is 0 Å². The maximum atomic E-state index is 11.1. The molecule has 118 valence electrons. The van der Waals surface area contributed by atoms with Gasteiger partial charge < -0.3 is 10.1 Å². The molecule has 8 nitrogen and oxygen atoms in total. The number of nitrogens with one attached hydrogen (secondary N) is 1. The molecule has 2 aromatic heterocycles. The number of methoxy groups -OCH3 is 1. The van der Waals surface area contributed by atoms with Crippen LogP contribution in [-0.2, 0) is 11.3 Å². The number of aromatic nitrogens is 3. The van der Waals surface area contributed by atoms with Gasteiger partial charge in [0.05, 0.1) is 41.0 Å². The fourth-order valence-electron chi connectivity index (χ4n) is 2.31. The normalized spacial score (nSPS) is 10.8. The summed E-state index contributed by atoms with van der Waals surface area (Å²) >= 11 is 0. The van der Waals surface area contributed by atoms with E-state index in [4.69, 9.17) is 4.74 Å². The molecule has 0 aliphatic heterocycles. The Labute approximate surface area is 131 Å². The van der Waals surface area contributed by atoms with Crippen molar-refractivity contribution in [1.82, 2.24) is 14.8 Å². The van der Waals surface area contributed by atoms with Gasteiger partial charge in [-0.2, -0.15) is 5.10 Å². The summed E-state index contributed by atoms with van der Waals surface area (Å²) in [6.45, 7) is 1.22. The van der Waals surface area contributed by atoms with E-state index in [9.17, 15) is 10.1 Å². The number of hydrogen-bond acceptors (Lipinski definition) is 6. The minimum Gasteiger partial charge on any atom is -0.383 e. The Kier molecular flexibility index (Phi) is 4.15. The zero-order chi connectivity index (χ0) is 16.2. The van der Waals surface area contributed by atoms with Crippen LogP contribution in [-0.4, -0.2) is 33.4 Å². The van der Waals surface area contributed by atoms with Crippen LogP contribution < -0.4 is 5.32 Å². The van der Waals surface area contributed by atoms with Crippen molar-refractivity contribution in [3.8, 4) is 0 Å². The van der Waals surface area contributed by atoms with Crippen LogP contribution in [0, 0.1) is 10.1 Å². The van der Waals surface area contributed by atoms with Crippen molar-refractivity contribution >= 4 is 28.0 Å². The monoisotopic (exact) mass is 313 g/mol. The summed E-state index contributed by atoms with van der Waals surface area (Å²) in [6, 6.07) is 6.50. The summed E-state index contributed by atoms with van der Waals surface area (Å²) < 4.78 is 6.77. The molecule has 0 bridgehead atoms. The second-order valence-corrected chi connectivity index (χ2v) is 4.90. The molecule has 1 N–H and O–H groups in total. The zero-order valence-corrected chi connectivity index (χ0v) is 12.5. The highest BCUT2D eigenvalue weighted by atomic mass is 16.6. The fourth-order valence-corrected chi connectivity index (χ4v) is 2.31. The molecule has 0 unspecified atom stereocenters. The number of pyridine rings is 1. The number of hydrogen-bond donors (Lipinski definition) is 1. The number of nitrogens with zero attached hydrogens (tertiary/aromatic N) is 4. The van der Waals surface area contributed by atoms with E-state index in [0.717, 1.165) is 5.69 Å². The molecule has 0 aliphatic carbocycles. The molecule has 0 aliphatic rings. The predicted octanol–water partition coefficient (Wildman–Crippen LogP) is 2.73. The van der Waals surface area contributed by atoms with E-state index in [0.29, 0.717) is 29.7 Å². The molecule has 0 atom stereocenters. The van der Waals surface area contributed by atoms with E-state index in [1.807, 2.05) is 6.20 Å². The summed E-state index contributed by atoms with van der Waals surface area (Å²) in [5, 5.41) is 19.0. The van der Waals surface area contributed by atoms with E-state index in [2.05, 4.69) is 15.4 Å². The minimum absolute atomic E-state index is 0.0365. The largest absolute Gasteiger partial charge is 0.383 e. The third-order valence-electron chi connectivity index (χ3n) is 3.38. The number of ether oxygens (including phenoxy) is 1. The molecule has 3 aromatic rings. The van der Waals surface area contributed by atoms with Crippen molar-refractivity contribution in [1.29, 1.82) is 0 Å². The predicted molar refractivity (Wildman–Crippen MR) is 85.8 cm³/mol. The minimum atomic E-state index is -0.406. The van der Waals surface area contributed by atoms with Crippen LogP contribution in [0.25, 0.3) is 10.9 Å². The number of benzene rings is 1. The van der Waals surface area contributed by atoms with E-state index in [1.165, 1.54) is 6.07 Å². The van der Waals surface area contributed by atoms with Crippen LogP contribution in [0.5, 0.6) is 0 Å². The molecule has 0 radical (unpaired) electrons. The Hall–Kier alpha value is -3.00. The van der Waals surface area contributed by atoms with Crippen LogP contribution in [0.2, 0.25) is 0 Å². The first-order valence-corrected chi connectivity index (χ1v) is 6.99. The van der Waals surface area contributed by atoms with Gasteiger partial charge in [0.15, 0.2) is 0 Å². The third-order valence-corrected chi connectivity index (χ3v) is 3.38. The molecule has 2 heterocycles. The highest BCUT2D eigenvalue weighted by Gasteiger charge is 2.15. The number of nitro benzene ring substituents is 1. The molecular weight excluding hydrogens is 298 g/mol. The quantitative estimate of drug-likeness (QED) is 0.555. The SMILES string of the molecule is COCCn1cc(Nc2ccc([N+](=O)[O-])c3cccnc23)cn1. The topological polar surface area (TPSA) is 95.1 Å². The van der Waals surface area contributed by atoms with Gasteiger partial charge >= 0.3 is 0 Å². The van der Waals surface area contributed by atoms with Crippen molar-refractivity contribution in [3.05, 3.63) is 53.0 Å². The van der Waals surface area contributed by atoms with Gasteiger partial charge in [-0.15, -0.1) is 0 Å². The van der Waals surface area contributed by atoms with Gasteiger partial charge in [-0.25, -0.2) is 0 Å². The lowest BCUT2D eigenvalue weighted by Gasteiger charge is -2.07. The molecule has 0 fully saturated rings. The molecule has 0 spiro atoms. The maximum absolute atomic E-state index is 11.1. The van der Waals surface area contributed by atoms with Gasteiger partial charge in [-0.05, 0) is 18.2 Å². The molecule has 3 rings (SSSR count). The Morgan fingerprint density at radius 2 is 2.26 bits per heavy atom. The lowest BCUT2D eigenvalue weighted by molar-refractivity contribution is -0.383. The van der Waals surface area contributed by atoms with Gasteiger partial charge in [0, 0.05) is 25.6 Å². The average Bonchev–Trinajstić information content (AvgIpc) is 3.00. The number of anilines is 2. The molecule has 0 amide bonds. The van der Waals surface area contributed by atoms with Gasteiger partial charge in [0.1, 0.15) is 5.52 Å². The first kappa shape index (κ1) is 14.9. The van der Waals surface area contributed by atoms with E-state index < -0.39 is 4.92 Å². The van der Waals surface area contributed by atoms with Gasteiger partial charge in [-0.3, -0.25) is 19.8 Å². The zero-order valence-electron chi connectivity index (χ0n) is 12.5. The molecule has 0 saturated carbocycles. The molecule has 23 heavy (non-hydrogen) atoms. The number of fused-ring (bicyclic) bond motifs is 1. The number of rotatable bonds is 6. The molecular formula is C15H15N5O3. The van der Waals surface area contributed by atoms with Crippen molar-refractivity contribution in [2.24, 2.45) is 0 Å². The molecule has 8 heteroatoms. The number of nitro groups is 1. The smallest absolute Gasteiger partial charge is 0.278 e. The summed E-state index contributed by atoms with van der Waals surface area (Å²) in [4.78, 5) is 15.0. The second kappa shape index (κ2) is 6.41. The van der Waals surface area contributed by atoms with Crippen LogP contribution in [0.15, 0.2) is 42.9 Å². The van der Waals surface area contributed by atoms with Gasteiger partial charge in [0.2, 0.25) is 0 Å². The summed E-state index contributed by atoms with van der Waals surface area (Å²) in [7, 11) is 1.64. The lowest BCUT2D eigenvalue weighted by Crippen LogP contribution is -2.03. The third kappa shape index (κ3) is 3.11. The average molecular weight is 313 g/mol. The molecule has 0 saturated heterocycles. The Morgan fingerprint density at radius 1 is 1.39 bits per heavy atom. The second-order valence-electron chi connectivity index (χ2n) is 4.90. The van der Waals surface area contributed by atoms with Crippen molar-refractivity contribution in [2.75, 3.05) is 19.0 Å². The van der Waals surface area contributed by atoms with Crippen molar-refractivity contribution in [2.45, 2.75) is 6.54 Å². The highest BCUT2D eigenvalue weighted by Crippen LogP contribution is 2.31. The Balaban J connectivity index is 1.93. The first-order chi connectivity index (χ1) is 11.2. The van der Waals surface area contributed by atoms with Crippen LogP contribution in [0.3, 0.4) is 0 Å². The van der Waals surface area contributed by atoms with E-state index in [-0.39, 0.29) is 5.69 Å². The van der Waals surface area contributed by atoms with Crippen LogP contribution in [0.4, 0.5) is 17.1 Å². The molecule has 1 aromatic carbocycles. The van der Waals surface area contributed by atoms with E-state index >= 15 is 0 Å². The highest BCUT2D eigenvalue weighted by molar-refractivity contribution is 5.97. The van der Waals surface area contributed by atoms with Gasteiger partial charge in [-0.1, -0.05) is 0 Å². The van der Waals surface area contributed by atoms with E-state index in [1.54, 1.807) is 42.4 Å². The Bertz CT molecular complexity index is 846.